The van der Waals surface area contributed by atoms with E-state index in [0.29, 0.717) is 10.6 Å². The van der Waals surface area contributed by atoms with Crippen molar-refractivity contribution in [2.75, 3.05) is 12.8 Å². The van der Waals surface area contributed by atoms with Crippen LogP contribution in [0.5, 0.6) is 0 Å². The molecule has 0 radical (unpaired) electrons. The molecule has 0 saturated heterocycles. The van der Waals surface area contributed by atoms with Crippen molar-refractivity contribution < 1.29 is 18.3 Å². The van der Waals surface area contributed by atoms with Crippen molar-refractivity contribution >= 4 is 27.6 Å². The van der Waals surface area contributed by atoms with E-state index in [2.05, 4.69) is 0 Å². The molecule has 7 heteroatoms. The lowest BCUT2D eigenvalue weighted by Crippen LogP contribution is -2.31. The SMILES string of the molecule is CN(Cc1cccc(Cl)c1)S(=O)(=O)CC(=O)O. The van der Waals surface area contributed by atoms with E-state index in [4.69, 9.17) is 16.7 Å². The maximum absolute atomic E-state index is 11.5. The van der Waals surface area contributed by atoms with E-state index in [-0.39, 0.29) is 6.54 Å². The highest BCUT2D eigenvalue weighted by molar-refractivity contribution is 7.89. The Hall–Kier alpha value is -1.11. The fourth-order valence-corrected chi connectivity index (χ4v) is 2.35. The summed E-state index contributed by atoms with van der Waals surface area (Å²) in [6, 6.07) is 6.74. The maximum atomic E-state index is 11.5. The van der Waals surface area contributed by atoms with E-state index in [0.717, 1.165) is 4.31 Å². The molecule has 0 bridgehead atoms. The van der Waals surface area contributed by atoms with Gasteiger partial charge >= 0.3 is 5.97 Å². The number of carboxylic acid groups (broad SMARTS) is 1. The summed E-state index contributed by atoms with van der Waals surface area (Å²) in [5.74, 6) is -2.28. The highest BCUT2D eigenvalue weighted by atomic mass is 35.5. The largest absolute Gasteiger partial charge is 0.480 e. The molecule has 1 aromatic rings. The van der Waals surface area contributed by atoms with E-state index in [9.17, 15) is 13.2 Å². The minimum absolute atomic E-state index is 0.0934. The van der Waals surface area contributed by atoms with Crippen LogP contribution in [0.15, 0.2) is 24.3 Å². The number of hydrogen-bond donors (Lipinski definition) is 1. The second-order valence-corrected chi connectivity index (χ2v) is 6.05. The molecule has 94 valence electrons. The average molecular weight is 278 g/mol. The lowest BCUT2D eigenvalue weighted by Gasteiger charge is -2.15. The number of sulfonamides is 1. The molecular weight excluding hydrogens is 266 g/mol. The summed E-state index contributed by atoms with van der Waals surface area (Å²) in [4.78, 5) is 10.4. The Morgan fingerprint density at radius 2 is 2.12 bits per heavy atom. The van der Waals surface area contributed by atoms with Gasteiger partial charge in [-0.25, -0.2) is 12.7 Å². The minimum atomic E-state index is -3.78. The molecule has 0 aliphatic carbocycles. The third-order valence-corrected chi connectivity index (χ3v) is 4.00. The quantitative estimate of drug-likeness (QED) is 0.877. The molecule has 0 saturated carbocycles. The molecule has 5 nitrogen and oxygen atoms in total. The highest BCUT2D eigenvalue weighted by Crippen LogP contribution is 2.13. The zero-order valence-electron chi connectivity index (χ0n) is 9.13. The fourth-order valence-electron chi connectivity index (χ4n) is 1.26. The summed E-state index contributed by atoms with van der Waals surface area (Å²) in [6.07, 6.45) is 0. The van der Waals surface area contributed by atoms with Crippen LogP contribution in [0.25, 0.3) is 0 Å². The zero-order chi connectivity index (χ0) is 13.1. The molecule has 1 aromatic carbocycles. The number of aliphatic carboxylic acids is 1. The van der Waals surface area contributed by atoms with Crippen LogP contribution in [0.4, 0.5) is 0 Å². The summed E-state index contributed by atoms with van der Waals surface area (Å²) in [5.41, 5.74) is 0.703. The van der Waals surface area contributed by atoms with Crippen LogP contribution in [-0.4, -0.2) is 36.6 Å². The third kappa shape index (κ3) is 4.33. The Kier molecular flexibility index (Phi) is 4.50. The van der Waals surface area contributed by atoms with E-state index >= 15 is 0 Å². The van der Waals surface area contributed by atoms with Crippen molar-refractivity contribution in [3.8, 4) is 0 Å². The van der Waals surface area contributed by atoms with Gasteiger partial charge in [-0.1, -0.05) is 23.7 Å². The second-order valence-electron chi connectivity index (χ2n) is 3.54. The molecule has 0 spiro atoms. The lowest BCUT2D eigenvalue weighted by molar-refractivity contribution is -0.134. The van der Waals surface area contributed by atoms with E-state index < -0.39 is 21.7 Å². The predicted molar refractivity (Wildman–Crippen MR) is 64.3 cm³/mol. The first-order valence-corrected chi connectivity index (χ1v) is 6.70. The van der Waals surface area contributed by atoms with Gasteiger partial charge in [0.25, 0.3) is 0 Å². The van der Waals surface area contributed by atoms with Crippen LogP contribution >= 0.6 is 11.6 Å². The average Bonchev–Trinajstić information content (AvgIpc) is 2.15. The molecule has 0 aromatic heterocycles. The first-order chi connectivity index (χ1) is 7.81. The molecule has 0 unspecified atom stereocenters. The molecule has 0 amide bonds. The monoisotopic (exact) mass is 277 g/mol. The van der Waals surface area contributed by atoms with E-state index in [1.807, 2.05) is 0 Å². The Labute approximate surface area is 105 Å². The van der Waals surface area contributed by atoms with Gasteiger partial charge < -0.3 is 5.11 Å². The highest BCUT2D eigenvalue weighted by Gasteiger charge is 2.21. The van der Waals surface area contributed by atoms with Crippen molar-refractivity contribution in [1.29, 1.82) is 0 Å². The van der Waals surface area contributed by atoms with Gasteiger partial charge in [0.15, 0.2) is 5.75 Å². The predicted octanol–water partition coefficient (Wildman–Crippen LogP) is 1.19. The standard InChI is InChI=1S/C10H12ClNO4S/c1-12(17(15,16)7-10(13)14)6-8-3-2-4-9(11)5-8/h2-5H,6-7H2,1H3,(H,13,14). The van der Waals surface area contributed by atoms with Crippen LogP contribution < -0.4 is 0 Å². The molecule has 0 heterocycles. The van der Waals surface area contributed by atoms with Crippen molar-refractivity contribution in [3.05, 3.63) is 34.9 Å². The normalized spacial score (nSPS) is 11.7. The first-order valence-electron chi connectivity index (χ1n) is 4.71. The number of rotatable bonds is 5. The number of carboxylic acids is 1. The van der Waals surface area contributed by atoms with Gasteiger partial charge in [0.2, 0.25) is 10.0 Å². The molecule has 0 aliphatic heterocycles. The Morgan fingerprint density at radius 3 is 2.65 bits per heavy atom. The molecule has 1 N–H and O–H groups in total. The topological polar surface area (TPSA) is 74.7 Å². The summed E-state index contributed by atoms with van der Waals surface area (Å²) in [5, 5.41) is 8.99. The van der Waals surface area contributed by atoms with Crippen LogP contribution in [0.2, 0.25) is 5.02 Å². The third-order valence-electron chi connectivity index (χ3n) is 2.08. The van der Waals surface area contributed by atoms with Crippen molar-refractivity contribution in [2.24, 2.45) is 0 Å². The summed E-state index contributed by atoms with van der Waals surface area (Å²) in [6.45, 7) is 0.0934. The minimum Gasteiger partial charge on any atom is -0.480 e. The van der Waals surface area contributed by atoms with Crippen molar-refractivity contribution in [3.63, 3.8) is 0 Å². The number of benzene rings is 1. The van der Waals surface area contributed by atoms with Gasteiger partial charge in [-0.2, -0.15) is 0 Å². The molecule has 0 aliphatic rings. The zero-order valence-corrected chi connectivity index (χ0v) is 10.7. The van der Waals surface area contributed by atoms with E-state index in [1.165, 1.54) is 7.05 Å². The molecule has 0 atom stereocenters. The second kappa shape index (κ2) is 5.48. The summed E-state index contributed by atoms with van der Waals surface area (Å²) in [7, 11) is -2.45. The van der Waals surface area contributed by atoms with Gasteiger partial charge in [-0.3, -0.25) is 4.79 Å². The number of hydrogen-bond acceptors (Lipinski definition) is 3. The lowest BCUT2D eigenvalue weighted by atomic mass is 10.2. The van der Waals surface area contributed by atoms with Gasteiger partial charge in [0.05, 0.1) is 0 Å². The molecule has 17 heavy (non-hydrogen) atoms. The Balaban J connectivity index is 2.79. The fraction of sp³-hybridized carbons (Fsp3) is 0.300. The number of nitrogens with zero attached hydrogens (tertiary/aromatic N) is 1. The summed E-state index contributed by atoms with van der Waals surface area (Å²) < 4.78 is 24.1. The van der Waals surface area contributed by atoms with Crippen molar-refractivity contribution in [2.45, 2.75) is 6.54 Å². The van der Waals surface area contributed by atoms with Crippen LogP contribution in [0, 0.1) is 0 Å². The number of halogens is 1. The smallest absolute Gasteiger partial charge is 0.320 e. The van der Waals surface area contributed by atoms with Gasteiger partial charge in [0.1, 0.15) is 0 Å². The Morgan fingerprint density at radius 1 is 1.47 bits per heavy atom. The van der Waals surface area contributed by atoms with Crippen LogP contribution in [0.3, 0.4) is 0 Å². The van der Waals surface area contributed by atoms with E-state index in [1.54, 1.807) is 24.3 Å². The van der Waals surface area contributed by atoms with Crippen LogP contribution in [0.1, 0.15) is 5.56 Å². The van der Waals surface area contributed by atoms with Crippen molar-refractivity contribution in [1.82, 2.24) is 4.31 Å². The van der Waals surface area contributed by atoms with Crippen LogP contribution in [-0.2, 0) is 21.4 Å². The maximum Gasteiger partial charge on any atom is 0.320 e. The van der Waals surface area contributed by atoms with Gasteiger partial charge in [-0.05, 0) is 17.7 Å². The van der Waals surface area contributed by atoms with Gasteiger partial charge in [0, 0.05) is 18.6 Å². The molecule has 0 fully saturated rings. The molecular formula is C10H12ClNO4S. The number of carbonyl (C=O) groups is 1. The first kappa shape index (κ1) is 14.0. The molecule has 1 rings (SSSR count). The van der Waals surface area contributed by atoms with Gasteiger partial charge in [-0.15, -0.1) is 0 Å². The summed E-state index contributed by atoms with van der Waals surface area (Å²) >= 11 is 5.76. The Bertz CT molecular complexity index is 515.